The van der Waals surface area contributed by atoms with Crippen LogP contribution in [0.1, 0.15) is 26.7 Å². The Kier molecular flexibility index (Phi) is 4.73. The summed E-state index contributed by atoms with van der Waals surface area (Å²) in [6.45, 7) is 4.57. The van der Waals surface area contributed by atoms with Gasteiger partial charge in [0.05, 0.1) is 19.2 Å². The highest BCUT2D eigenvalue weighted by atomic mass is 16.3. The summed E-state index contributed by atoms with van der Waals surface area (Å²) < 4.78 is 0. The van der Waals surface area contributed by atoms with E-state index in [1.165, 1.54) is 0 Å². The van der Waals surface area contributed by atoms with Crippen LogP contribution in [0.25, 0.3) is 0 Å². The molecule has 0 aromatic heterocycles. The smallest absolute Gasteiger partial charge is 0.239 e. The zero-order valence-electron chi connectivity index (χ0n) is 9.90. The molecule has 1 aliphatic rings. The van der Waals surface area contributed by atoms with Gasteiger partial charge in [-0.3, -0.25) is 9.59 Å². The Morgan fingerprint density at radius 3 is 2.69 bits per heavy atom. The summed E-state index contributed by atoms with van der Waals surface area (Å²) in [5.74, 6) is 0.0338. The van der Waals surface area contributed by atoms with E-state index in [2.05, 4.69) is 5.32 Å². The number of aliphatic hydroxyl groups excluding tert-OH is 1. The number of nitrogens with one attached hydrogen (secondary N) is 1. The first-order valence-electron chi connectivity index (χ1n) is 5.72. The third kappa shape index (κ3) is 3.48. The van der Waals surface area contributed by atoms with Crippen molar-refractivity contribution in [3.63, 3.8) is 0 Å². The zero-order chi connectivity index (χ0) is 12.1. The first kappa shape index (κ1) is 13.0. The molecule has 0 unspecified atom stereocenters. The van der Waals surface area contributed by atoms with Gasteiger partial charge in [-0.25, -0.2) is 0 Å². The molecule has 16 heavy (non-hydrogen) atoms. The van der Waals surface area contributed by atoms with Crippen molar-refractivity contribution < 1.29 is 14.7 Å². The van der Waals surface area contributed by atoms with Crippen molar-refractivity contribution >= 4 is 11.8 Å². The topological polar surface area (TPSA) is 69.6 Å². The summed E-state index contributed by atoms with van der Waals surface area (Å²) in [6.07, 6.45) is 1.38. The van der Waals surface area contributed by atoms with Gasteiger partial charge in [-0.1, -0.05) is 13.8 Å². The Morgan fingerprint density at radius 2 is 2.25 bits per heavy atom. The van der Waals surface area contributed by atoms with Gasteiger partial charge < -0.3 is 15.3 Å². The predicted molar refractivity (Wildman–Crippen MR) is 59.7 cm³/mol. The van der Waals surface area contributed by atoms with Crippen LogP contribution >= 0.6 is 0 Å². The van der Waals surface area contributed by atoms with E-state index in [1.807, 2.05) is 13.8 Å². The summed E-state index contributed by atoms with van der Waals surface area (Å²) in [6, 6.07) is -0.231. The maximum absolute atomic E-state index is 11.6. The van der Waals surface area contributed by atoms with E-state index in [9.17, 15) is 9.59 Å². The van der Waals surface area contributed by atoms with Crippen LogP contribution in [0, 0.1) is 5.92 Å². The van der Waals surface area contributed by atoms with E-state index >= 15 is 0 Å². The normalized spacial score (nSPS) is 18.0. The molecule has 0 saturated carbocycles. The summed E-state index contributed by atoms with van der Waals surface area (Å²) in [5, 5.41) is 11.8. The molecular weight excluding hydrogens is 208 g/mol. The van der Waals surface area contributed by atoms with E-state index in [4.69, 9.17) is 5.11 Å². The van der Waals surface area contributed by atoms with Crippen molar-refractivity contribution in [1.29, 1.82) is 0 Å². The monoisotopic (exact) mass is 228 g/mol. The van der Waals surface area contributed by atoms with Crippen LogP contribution in [0.5, 0.6) is 0 Å². The second-order valence-electron chi connectivity index (χ2n) is 4.52. The Bertz CT molecular complexity index is 266. The second kappa shape index (κ2) is 5.84. The number of hydrogen-bond donors (Lipinski definition) is 2. The minimum absolute atomic E-state index is 0.0419. The Labute approximate surface area is 95.8 Å². The average Bonchev–Trinajstić information content (AvgIpc) is 2.60. The molecule has 1 aliphatic heterocycles. The molecular formula is C11H20N2O3. The number of hydrogen-bond acceptors (Lipinski definition) is 3. The maximum Gasteiger partial charge on any atom is 0.239 e. The fourth-order valence-electron chi connectivity index (χ4n) is 1.72. The van der Waals surface area contributed by atoms with Crippen molar-refractivity contribution in [3.8, 4) is 0 Å². The third-order valence-corrected chi connectivity index (χ3v) is 2.85. The number of aliphatic hydroxyl groups is 1. The van der Waals surface area contributed by atoms with Gasteiger partial charge in [-0.2, -0.15) is 0 Å². The maximum atomic E-state index is 11.6. The average molecular weight is 228 g/mol. The number of likely N-dealkylation sites (tertiary alicyclic amines) is 1. The molecule has 0 radical (unpaired) electrons. The van der Waals surface area contributed by atoms with Crippen LogP contribution in [-0.4, -0.2) is 47.6 Å². The van der Waals surface area contributed by atoms with Gasteiger partial charge in [0, 0.05) is 13.0 Å². The fourth-order valence-corrected chi connectivity index (χ4v) is 1.72. The molecule has 1 fully saturated rings. The summed E-state index contributed by atoms with van der Waals surface area (Å²) in [4.78, 5) is 24.5. The van der Waals surface area contributed by atoms with Crippen molar-refractivity contribution in [2.24, 2.45) is 5.92 Å². The van der Waals surface area contributed by atoms with Crippen molar-refractivity contribution in [3.05, 3.63) is 0 Å². The van der Waals surface area contributed by atoms with Gasteiger partial charge in [-0.05, 0) is 12.3 Å². The number of nitrogens with zero attached hydrogens (tertiary/aromatic N) is 1. The minimum Gasteiger partial charge on any atom is -0.394 e. The summed E-state index contributed by atoms with van der Waals surface area (Å²) >= 11 is 0. The zero-order valence-corrected chi connectivity index (χ0v) is 9.90. The lowest BCUT2D eigenvalue weighted by Crippen LogP contribution is -2.46. The van der Waals surface area contributed by atoms with Crippen molar-refractivity contribution in [2.45, 2.75) is 32.7 Å². The highest BCUT2D eigenvalue weighted by Crippen LogP contribution is 2.08. The van der Waals surface area contributed by atoms with Crippen LogP contribution in [-0.2, 0) is 9.59 Å². The predicted octanol–water partition coefficient (Wildman–Crippen LogP) is -0.258. The van der Waals surface area contributed by atoms with Crippen LogP contribution in [0.4, 0.5) is 0 Å². The Hall–Kier alpha value is -1.10. The molecule has 1 atom stereocenters. The molecule has 5 nitrogen and oxygen atoms in total. The molecule has 5 heteroatoms. The Morgan fingerprint density at radius 1 is 1.56 bits per heavy atom. The molecule has 1 heterocycles. The van der Waals surface area contributed by atoms with Gasteiger partial charge >= 0.3 is 0 Å². The summed E-state index contributed by atoms with van der Waals surface area (Å²) in [5.41, 5.74) is 0. The minimum atomic E-state index is -0.231. The second-order valence-corrected chi connectivity index (χ2v) is 4.52. The molecule has 0 bridgehead atoms. The third-order valence-electron chi connectivity index (χ3n) is 2.85. The van der Waals surface area contributed by atoms with Gasteiger partial charge in [0.15, 0.2) is 0 Å². The number of rotatable bonds is 5. The van der Waals surface area contributed by atoms with Crippen LogP contribution in [0.15, 0.2) is 0 Å². The first-order chi connectivity index (χ1) is 7.54. The molecule has 0 aliphatic carbocycles. The molecule has 1 saturated heterocycles. The number of carbonyl (C=O) groups is 2. The molecule has 2 amide bonds. The summed E-state index contributed by atoms with van der Waals surface area (Å²) in [7, 11) is 0. The van der Waals surface area contributed by atoms with E-state index in [1.54, 1.807) is 4.90 Å². The van der Waals surface area contributed by atoms with Gasteiger partial charge in [0.25, 0.3) is 0 Å². The molecule has 2 N–H and O–H groups in total. The van der Waals surface area contributed by atoms with E-state index in [0.717, 1.165) is 6.42 Å². The quantitative estimate of drug-likeness (QED) is 0.681. The molecule has 0 spiro atoms. The lowest BCUT2D eigenvalue weighted by molar-refractivity contribution is -0.133. The van der Waals surface area contributed by atoms with E-state index in [-0.39, 0.29) is 36.9 Å². The van der Waals surface area contributed by atoms with Crippen LogP contribution in [0.2, 0.25) is 0 Å². The van der Waals surface area contributed by atoms with E-state index in [0.29, 0.717) is 13.0 Å². The van der Waals surface area contributed by atoms with Gasteiger partial charge in [0.1, 0.15) is 0 Å². The fraction of sp³-hybridized carbons (Fsp3) is 0.818. The molecule has 0 aromatic carbocycles. The van der Waals surface area contributed by atoms with Gasteiger partial charge in [-0.15, -0.1) is 0 Å². The largest absolute Gasteiger partial charge is 0.394 e. The van der Waals surface area contributed by atoms with Crippen molar-refractivity contribution in [1.82, 2.24) is 10.2 Å². The standard InChI is InChI=1S/C11H20N2O3/c1-8(2)9(7-14)12-10(15)6-13-5-3-4-11(13)16/h8-9,14H,3-7H2,1-2H3,(H,12,15)/t9-/m1/s1. The molecule has 1 rings (SSSR count). The van der Waals surface area contributed by atoms with Gasteiger partial charge in [0.2, 0.25) is 11.8 Å². The Balaban J connectivity index is 2.37. The number of amides is 2. The lowest BCUT2D eigenvalue weighted by Gasteiger charge is -2.22. The SMILES string of the molecule is CC(C)[C@@H](CO)NC(=O)CN1CCCC1=O. The lowest BCUT2D eigenvalue weighted by atomic mass is 10.1. The highest BCUT2D eigenvalue weighted by molar-refractivity contribution is 5.85. The van der Waals surface area contributed by atoms with Crippen LogP contribution in [0.3, 0.4) is 0 Å². The van der Waals surface area contributed by atoms with E-state index < -0.39 is 0 Å². The highest BCUT2D eigenvalue weighted by Gasteiger charge is 2.23. The molecule has 0 aromatic rings. The number of carbonyl (C=O) groups excluding carboxylic acids is 2. The van der Waals surface area contributed by atoms with Crippen molar-refractivity contribution in [2.75, 3.05) is 19.7 Å². The van der Waals surface area contributed by atoms with Crippen LogP contribution < -0.4 is 5.32 Å². The first-order valence-corrected chi connectivity index (χ1v) is 5.72. The molecule has 92 valence electrons.